The van der Waals surface area contributed by atoms with E-state index in [0.29, 0.717) is 5.13 Å². The van der Waals surface area contributed by atoms with Gasteiger partial charge in [-0.2, -0.15) is 4.39 Å². The van der Waals surface area contributed by atoms with Crippen molar-refractivity contribution < 1.29 is 9.18 Å². The predicted molar refractivity (Wildman–Crippen MR) is 105 cm³/mol. The van der Waals surface area contributed by atoms with E-state index in [4.69, 9.17) is 0 Å². The Labute approximate surface area is 162 Å². The fraction of sp³-hybridized carbons (Fsp3) is 0.526. The third-order valence-electron chi connectivity index (χ3n) is 5.55. The van der Waals surface area contributed by atoms with Gasteiger partial charge in [0.1, 0.15) is 0 Å². The van der Waals surface area contributed by atoms with Crippen molar-refractivity contribution in [1.82, 2.24) is 14.9 Å². The zero-order valence-electron chi connectivity index (χ0n) is 15.7. The fourth-order valence-electron chi connectivity index (χ4n) is 4.28. The topological polar surface area (TPSA) is 61.4 Å². The van der Waals surface area contributed by atoms with Crippen LogP contribution in [-0.4, -0.2) is 47.0 Å². The first-order valence-electron chi connectivity index (χ1n) is 9.24. The molecule has 2 saturated heterocycles. The summed E-state index contributed by atoms with van der Waals surface area (Å²) in [6.45, 7) is 8.38. The molecule has 2 aromatic heterocycles. The summed E-state index contributed by atoms with van der Waals surface area (Å²) in [7, 11) is 0. The van der Waals surface area contributed by atoms with Crippen LogP contribution < -0.4 is 10.2 Å². The summed E-state index contributed by atoms with van der Waals surface area (Å²) in [5, 5.41) is 3.40. The van der Waals surface area contributed by atoms with Gasteiger partial charge >= 0.3 is 0 Å². The van der Waals surface area contributed by atoms with E-state index < -0.39 is 5.95 Å². The summed E-state index contributed by atoms with van der Waals surface area (Å²) in [6.07, 6.45) is 5.76. The Morgan fingerprint density at radius 1 is 1.30 bits per heavy atom. The number of hydrogen-bond acceptors (Lipinski definition) is 6. The molecule has 0 bridgehead atoms. The molecule has 0 radical (unpaired) electrons. The van der Waals surface area contributed by atoms with Gasteiger partial charge in [0.15, 0.2) is 5.13 Å². The first kappa shape index (κ1) is 18.3. The Balaban J connectivity index is 1.38. The Morgan fingerprint density at radius 2 is 2.11 bits per heavy atom. The van der Waals surface area contributed by atoms with Gasteiger partial charge in [-0.15, -0.1) is 11.3 Å². The van der Waals surface area contributed by atoms with Crippen LogP contribution in [0.3, 0.4) is 0 Å². The fourth-order valence-corrected chi connectivity index (χ4v) is 5.18. The van der Waals surface area contributed by atoms with Crippen molar-refractivity contribution in [3.8, 4) is 0 Å². The van der Waals surface area contributed by atoms with Crippen LogP contribution >= 0.6 is 11.3 Å². The van der Waals surface area contributed by atoms with E-state index in [-0.39, 0.29) is 11.3 Å². The number of nitrogens with one attached hydrogen (secondary N) is 1. The summed E-state index contributed by atoms with van der Waals surface area (Å²) in [5.74, 6) is -0.505. The molecule has 144 valence electrons. The standard InChI is InChI=1S/C19H24FN5OS/c1-13-8-21-17(20)7-16(13)25-6-4-19(12-25)3-5-24(11-19)10-15-9-22-18(27-15)23-14(2)26/h7-9H,3-6,10-12H2,1-2H3,(H,22,23,26). The van der Waals surface area contributed by atoms with Crippen LogP contribution in [0.2, 0.25) is 0 Å². The van der Waals surface area contributed by atoms with Crippen molar-refractivity contribution in [2.45, 2.75) is 33.2 Å². The summed E-state index contributed by atoms with van der Waals surface area (Å²) < 4.78 is 13.6. The van der Waals surface area contributed by atoms with Crippen molar-refractivity contribution in [2.24, 2.45) is 5.41 Å². The summed E-state index contributed by atoms with van der Waals surface area (Å²) in [5.41, 5.74) is 2.27. The second-order valence-corrected chi connectivity index (χ2v) is 8.85. The second kappa shape index (κ2) is 7.16. The average molecular weight is 390 g/mol. The van der Waals surface area contributed by atoms with Gasteiger partial charge in [-0.3, -0.25) is 9.69 Å². The molecule has 27 heavy (non-hydrogen) atoms. The first-order chi connectivity index (χ1) is 12.9. The molecule has 0 aliphatic carbocycles. The Morgan fingerprint density at radius 3 is 2.93 bits per heavy atom. The third-order valence-corrected chi connectivity index (χ3v) is 6.45. The zero-order chi connectivity index (χ0) is 19.0. The van der Waals surface area contributed by atoms with Crippen molar-refractivity contribution in [2.75, 3.05) is 36.4 Å². The highest BCUT2D eigenvalue weighted by atomic mass is 32.1. The molecule has 4 heterocycles. The van der Waals surface area contributed by atoms with Crippen LogP contribution in [0.5, 0.6) is 0 Å². The van der Waals surface area contributed by atoms with Crippen LogP contribution in [0, 0.1) is 18.3 Å². The molecule has 1 amide bonds. The van der Waals surface area contributed by atoms with E-state index >= 15 is 0 Å². The van der Waals surface area contributed by atoms with Crippen LogP contribution in [-0.2, 0) is 11.3 Å². The minimum absolute atomic E-state index is 0.0927. The predicted octanol–water partition coefficient (Wildman–Crippen LogP) is 3.05. The van der Waals surface area contributed by atoms with E-state index in [1.165, 1.54) is 18.3 Å². The molecule has 2 aliphatic rings. The Bertz CT molecular complexity index is 856. The molecule has 1 N–H and O–H groups in total. The van der Waals surface area contributed by atoms with E-state index in [1.54, 1.807) is 12.3 Å². The number of halogens is 1. The quantitative estimate of drug-likeness (QED) is 0.815. The maximum Gasteiger partial charge on any atom is 0.223 e. The Hall–Kier alpha value is -2.06. The second-order valence-electron chi connectivity index (χ2n) is 7.74. The number of hydrogen-bond donors (Lipinski definition) is 1. The highest BCUT2D eigenvalue weighted by molar-refractivity contribution is 7.15. The number of thiazole rings is 1. The van der Waals surface area contributed by atoms with Gasteiger partial charge in [-0.1, -0.05) is 0 Å². The lowest BCUT2D eigenvalue weighted by Crippen LogP contribution is -2.31. The molecule has 0 saturated carbocycles. The largest absolute Gasteiger partial charge is 0.371 e. The molecule has 2 aromatic rings. The first-order valence-corrected chi connectivity index (χ1v) is 10.1. The summed E-state index contributed by atoms with van der Waals surface area (Å²) in [6, 6.07) is 1.56. The van der Waals surface area contributed by atoms with Gasteiger partial charge in [0.25, 0.3) is 0 Å². The number of aromatic nitrogens is 2. The van der Waals surface area contributed by atoms with E-state index in [1.807, 2.05) is 13.1 Å². The molecule has 8 heteroatoms. The minimum Gasteiger partial charge on any atom is -0.371 e. The van der Waals surface area contributed by atoms with Crippen LogP contribution in [0.15, 0.2) is 18.5 Å². The zero-order valence-corrected chi connectivity index (χ0v) is 16.5. The molecule has 2 fully saturated rings. The average Bonchev–Trinajstić information content (AvgIpc) is 3.32. The lowest BCUT2D eigenvalue weighted by Gasteiger charge is -2.26. The maximum absolute atomic E-state index is 13.6. The number of nitrogens with zero attached hydrogens (tertiary/aromatic N) is 4. The lowest BCUT2D eigenvalue weighted by atomic mass is 9.86. The number of pyridine rings is 1. The monoisotopic (exact) mass is 389 g/mol. The van der Waals surface area contributed by atoms with Crippen LogP contribution in [0.4, 0.5) is 15.2 Å². The summed E-state index contributed by atoms with van der Waals surface area (Å²) >= 11 is 1.54. The normalized spacial score (nSPS) is 22.7. The number of carbonyl (C=O) groups is 1. The molecule has 1 atom stereocenters. The number of carbonyl (C=O) groups excluding carboxylic acids is 1. The molecule has 1 unspecified atom stereocenters. The van der Waals surface area contributed by atoms with Crippen molar-refractivity contribution in [3.05, 3.63) is 34.8 Å². The van der Waals surface area contributed by atoms with Gasteiger partial charge in [-0.05, 0) is 31.9 Å². The van der Waals surface area contributed by atoms with Crippen LogP contribution in [0.1, 0.15) is 30.2 Å². The summed E-state index contributed by atoms with van der Waals surface area (Å²) in [4.78, 5) is 25.1. The molecule has 0 aromatic carbocycles. The van der Waals surface area contributed by atoms with E-state index in [0.717, 1.165) is 61.7 Å². The number of aryl methyl sites for hydroxylation is 1. The number of rotatable bonds is 4. The highest BCUT2D eigenvalue weighted by Gasteiger charge is 2.43. The van der Waals surface area contributed by atoms with E-state index in [9.17, 15) is 9.18 Å². The lowest BCUT2D eigenvalue weighted by molar-refractivity contribution is -0.114. The third kappa shape index (κ3) is 3.96. The number of likely N-dealkylation sites (tertiary alicyclic amines) is 1. The maximum atomic E-state index is 13.6. The molecule has 6 nitrogen and oxygen atoms in total. The SMILES string of the molecule is CC(=O)Nc1ncc(CN2CCC3(CCN(c4cc(F)ncc4C)C3)C2)s1. The number of anilines is 2. The van der Waals surface area contributed by atoms with Gasteiger partial charge in [0.05, 0.1) is 0 Å². The molecular weight excluding hydrogens is 365 g/mol. The van der Waals surface area contributed by atoms with Crippen molar-refractivity contribution in [3.63, 3.8) is 0 Å². The minimum atomic E-state index is -0.412. The van der Waals surface area contributed by atoms with E-state index in [2.05, 4.69) is 25.1 Å². The number of amides is 1. The van der Waals surface area contributed by atoms with Crippen molar-refractivity contribution in [1.29, 1.82) is 0 Å². The van der Waals surface area contributed by atoms with Crippen LogP contribution in [0.25, 0.3) is 0 Å². The Kier molecular flexibility index (Phi) is 4.86. The van der Waals surface area contributed by atoms with Gasteiger partial charge in [-0.25, -0.2) is 9.97 Å². The van der Waals surface area contributed by atoms with Gasteiger partial charge in [0.2, 0.25) is 11.9 Å². The molecule has 2 aliphatic heterocycles. The van der Waals surface area contributed by atoms with Gasteiger partial charge < -0.3 is 10.2 Å². The smallest absolute Gasteiger partial charge is 0.223 e. The molecular formula is C19H24FN5OS. The highest BCUT2D eigenvalue weighted by Crippen LogP contribution is 2.42. The molecule has 4 rings (SSSR count). The van der Waals surface area contributed by atoms with Gasteiger partial charge in [0, 0.05) is 67.5 Å². The molecule has 1 spiro atoms. The van der Waals surface area contributed by atoms with Crippen molar-refractivity contribution >= 4 is 28.1 Å².